The average Bonchev–Trinajstić information content (AvgIpc) is 3.33. The lowest BCUT2D eigenvalue weighted by molar-refractivity contribution is 0.262. The van der Waals surface area contributed by atoms with Crippen molar-refractivity contribution in [2.45, 2.75) is 32.9 Å². The number of likely N-dealkylation sites (N-methyl/N-ethyl adjacent to an activating group) is 1. The first-order valence-corrected chi connectivity index (χ1v) is 15.2. The van der Waals surface area contributed by atoms with Crippen LogP contribution in [0.1, 0.15) is 31.0 Å². The van der Waals surface area contributed by atoms with E-state index in [-0.39, 0.29) is 29.0 Å². The molecule has 0 aliphatic carbocycles. The molecule has 0 saturated heterocycles. The van der Waals surface area contributed by atoms with Gasteiger partial charge in [-0.25, -0.2) is 22.6 Å². The third-order valence-corrected chi connectivity index (χ3v) is 7.22. The molecule has 2 aromatic heterocycles. The Bertz CT molecular complexity index is 1740. The molecule has 0 unspecified atom stereocenters. The second-order valence-electron chi connectivity index (χ2n) is 10.5. The number of anilines is 3. The van der Waals surface area contributed by atoms with Crippen LogP contribution in [0.25, 0.3) is 11.3 Å². The van der Waals surface area contributed by atoms with Crippen molar-refractivity contribution in [3.8, 4) is 22.8 Å². The number of nitrogens with zero attached hydrogens (tertiary/aromatic N) is 4. The number of hydrogen-bond acceptors (Lipinski definition) is 7. The molecule has 0 fully saturated rings. The normalized spacial score (nSPS) is 13.5. The van der Waals surface area contributed by atoms with Gasteiger partial charge < -0.3 is 20.3 Å². The Morgan fingerprint density at radius 2 is 1.79 bits per heavy atom. The zero-order chi connectivity index (χ0) is 30.0. The highest BCUT2D eigenvalue weighted by atomic mass is 32.2. The predicted molar refractivity (Wildman–Crippen MR) is 160 cm³/mol. The van der Waals surface area contributed by atoms with Crippen molar-refractivity contribution in [1.82, 2.24) is 19.7 Å². The third kappa shape index (κ3) is 7.04. The van der Waals surface area contributed by atoms with Gasteiger partial charge in [-0.3, -0.25) is 9.40 Å². The SMILES string of the molecule is CC(C)n1cc(NC(=O)Nc2ccc(Oc3ccnc(NS(C)(=O)=O)c3)cc2F)c(-c2ccc3c(c2)CN(C)CC3)n1. The number of urea groups is 1. The van der Waals surface area contributed by atoms with Crippen molar-refractivity contribution in [1.29, 1.82) is 0 Å². The summed E-state index contributed by atoms with van der Waals surface area (Å²) in [5.41, 5.74) is 4.50. The fourth-order valence-electron chi connectivity index (χ4n) is 4.60. The number of rotatable bonds is 8. The third-order valence-electron chi connectivity index (χ3n) is 6.64. The van der Waals surface area contributed by atoms with Crippen molar-refractivity contribution in [3.05, 3.63) is 77.9 Å². The Balaban J connectivity index is 1.30. The van der Waals surface area contributed by atoms with E-state index < -0.39 is 21.9 Å². The fraction of sp³-hybridized carbons (Fsp3) is 0.276. The molecule has 3 N–H and O–H groups in total. The van der Waals surface area contributed by atoms with Gasteiger partial charge in [-0.05, 0) is 62.7 Å². The predicted octanol–water partition coefficient (Wildman–Crippen LogP) is 5.46. The molecule has 220 valence electrons. The van der Waals surface area contributed by atoms with Crippen LogP contribution in [0.4, 0.5) is 26.4 Å². The van der Waals surface area contributed by atoms with Gasteiger partial charge in [-0.1, -0.05) is 12.1 Å². The second-order valence-corrected chi connectivity index (χ2v) is 12.3. The summed E-state index contributed by atoms with van der Waals surface area (Å²) in [6.45, 7) is 5.85. The number of ether oxygens (including phenoxy) is 1. The van der Waals surface area contributed by atoms with Gasteiger partial charge >= 0.3 is 6.03 Å². The second kappa shape index (κ2) is 11.8. The summed E-state index contributed by atoms with van der Waals surface area (Å²) >= 11 is 0. The Hall–Kier alpha value is -4.49. The Morgan fingerprint density at radius 1 is 1.02 bits per heavy atom. The van der Waals surface area contributed by atoms with Gasteiger partial charge in [0, 0.05) is 49.2 Å². The van der Waals surface area contributed by atoms with Gasteiger partial charge in [0.15, 0.2) is 0 Å². The lowest BCUT2D eigenvalue weighted by Crippen LogP contribution is -2.26. The molecule has 2 amide bonds. The number of benzene rings is 2. The molecule has 1 aliphatic rings. The van der Waals surface area contributed by atoms with Crippen molar-refractivity contribution in [3.63, 3.8) is 0 Å². The summed E-state index contributed by atoms with van der Waals surface area (Å²) in [6.07, 6.45) is 5.11. The van der Waals surface area contributed by atoms with E-state index in [0.717, 1.165) is 37.4 Å². The first-order chi connectivity index (χ1) is 19.9. The highest BCUT2D eigenvalue weighted by Crippen LogP contribution is 2.32. The standard InChI is InChI=1S/C29H32FN7O4S/c1-18(2)37-17-26(28(34-37)20-6-5-19-10-12-36(3)16-21(19)13-20)33-29(38)32-25-8-7-22(14-24(25)30)41-23-9-11-31-27(15-23)35-42(4,39)40/h5-9,11,13-15,17-18H,10,12,16H2,1-4H3,(H,31,35)(H2,32,33,38). The molecular formula is C29H32FN7O4S. The lowest BCUT2D eigenvalue weighted by atomic mass is 9.96. The van der Waals surface area contributed by atoms with E-state index in [4.69, 9.17) is 9.84 Å². The number of pyridine rings is 1. The molecule has 5 rings (SSSR count). The zero-order valence-corrected chi connectivity index (χ0v) is 24.5. The van der Waals surface area contributed by atoms with Crippen LogP contribution in [0.2, 0.25) is 0 Å². The molecular weight excluding hydrogens is 561 g/mol. The van der Waals surface area contributed by atoms with Crippen molar-refractivity contribution < 1.29 is 22.3 Å². The van der Waals surface area contributed by atoms with Crippen LogP contribution in [0.15, 0.2) is 60.9 Å². The molecule has 3 heterocycles. The van der Waals surface area contributed by atoms with Gasteiger partial charge in [0.05, 0.1) is 17.6 Å². The maximum atomic E-state index is 15.0. The number of hydrogen-bond donors (Lipinski definition) is 3. The topological polar surface area (TPSA) is 130 Å². The van der Waals surface area contributed by atoms with Gasteiger partial charge in [0.1, 0.15) is 28.8 Å². The van der Waals surface area contributed by atoms with Gasteiger partial charge in [0.25, 0.3) is 0 Å². The lowest BCUT2D eigenvalue weighted by Gasteiger charge is -2.25. The van der Waals surface area contributed by atoms with Crippen LogP contribution < -0.4 is 20.1 Å². The van der Waals surface area contributed by atoms with E-state index in [9.17, 15) is 17.6 Å². The monoisotopic (exact) mass is 593 g/mol. The zero-order valence-electron chi connectivity index (χ0n) is 23.7. The van der Waals surface area contributed by atoms with Crippen LogP contribution >= 0.6 is 0 Å². The van der Waals surface area contributed by atoms with Crippen molar-refractivity contribution in [2.24, 2.45) is 0 Å². The minimum absolute atomic E-state index is 0.0522. The van der Waals surface area contributed by atoms with E-state index in [2.05, 4.69) is 44.4 Å². The van der Waals surface area contributed by atoms with Crippen LogP contribution in [0, 0.1) is 5.82 Å². The number of halogens is 1. The number of sulfonamides is 1. The number of carbonyl (C=O) groups is 1. The van der Waals surface area contributed by atoms with Crippen LogP contribution in [-0.4, -0.2) is 54.0 Å². The quantitative estimate of drug-likeness (QED) is 0.247. The smallest absolute Gasteiger partial charge is 0.323 e. The number of aromatic nitrogens is 3. The van der Waals surface area contributed by atoms with Crippen LogP contribution in [0.5, 0.6) is 11.5 Å². The summed E-state index contributed by atoms with van der Waals surface area (Å²) in [4.78, 5) is 19.2. The summed E-state index contributed by atoms with van der Waals surface area (Å²) in [5.74, 6) is -0.262. The summed E-state index contributed by atoms with van der Waals surface area (Å²) in [5, 5.41) is 10.1. The molecule has 11 nitrogen and oxygen atoms in total. The first-order valence-electron chi connectivity index (χ1n) is 13.3. The largest absolute Gasteiger partial charge is 0.457 e. The number of amides is 2. The van der Waals surface area contributed by atoms with E-state index in [1.807, 2.05) is 19.9 Å². The van der Waals surface area contributed by atoms with Crippen molar-refractivity contribution >= 4 is 33.2 Å². The molecule has 42 heavy (non-hydrogen) atoms. The molecule has 0 radical (unpaired) electrons. The molecule has 0 spiro atoms. The van der Waals surface area contributed by atoms with Gasteiger partial charge in [-0.15, -0.1) is 0 Å². The molecule has 2 aromatic carbocycles. The summed E-state index contributed by atoms with van der Waals surface area (Å²) in [6, 6.07) is 12.5. The molecule has 1 aliphatic heterocycles. The van der Waals surface area contributed by atoms with Gasteiger partial charge in [0.2, 0.25) is 10.0 Å². The van der Waals surface area contributed by atoms with Crippen LogP contribution in [0.3, 0.4) is 0 Å². The fourth-order valence-corrected chi connectivity index (χ4v) is 5.09. The average molecular weight is 594 g/mol. The number of fused-ring (bicyclic) bond motifs is 1. The van der Waals surface area contributed by atoms with E-state index in [1.54, 1.807) is 10.9 Å². The Labute approximate surface area is 243 Å². The van der Waals surface area contributed by atoms with E-state index in [0.29, 0.717) is 11.4 Å². The Morgan fingerprint density at radius 3 is 2.52 bits per heavy atom. The summed E-state index contributed by atoms with van der Waals surface area (Å²) in [7, 11) is -1.43. The van der Waals surface area contributed by atoms with E-state index in [1.165, 1.54) is 41.6 Å². The highest BCUT2D eigenvalue weighted by Gasteiger charge is 2.19. The van der Waals surface area contributed by atoms with E-state index >= 15 is 0 Å². The first kappa shape index (κ1) is 29.0. The Kier molecular flexibility index (Phi) is 8.14. The van der Waals surface area contributed by atoms with Crippen LogP contribution in [-0.2, 0) is 23.0 Å². The molecule has 13 heteroatoms. The maximum absolute atomic E-state index is 15.0. The maximum Gasteiger partial charge on any atom is 0.323 e. The summed E-state index contributed by atoms with van der Waals surface area (Å²) < 4.78 is 47.5. The molecule has 0 atom stereocenters. The minimum atomic E-state index is -3.52. The number of carbonyl (C=O) groups excluding carboxylic acids is 1. The molecule has 0 saturated carbocycles. The molecule has 4 aromatic rings. The number of nitrogens with one attached hydrogen (secondary N) is 3. The minimum Gasteiger partial charge on any atom is -0.457 e. The van der Waals surface area contributed by atoms with Crippen molar-refractivity contribution in [2.75, 3.05) is 35.2 Å². The highest BCUT2D eigenvalue weighted by molar-refractivity contribution is 7.92. The molecule has 0 bridgehead atoms. The van der Waals surface area contributed by atoms with Gasteiger partial charge in [-0.2, -0.15) is 5.10 Å².